The number of hydrogen-bond acceptors (Lipinski definition) is 8. The zero-order valence-corrected chi connectivity index (χ0v) is 20.3. The van der Waals surface area contributed by atoms with Gasteiger partial charge in [0, 0.05) is 18.3 Å². The summed E-state index contributed by atoms with van der Waals surface area (Å²) in [5.41, 5.74) is -0.786. The second kappa shape index (κ2) is 9.15. The molecule has 184 valence electrons. The van der Waals surface area contributed by atoms with E-state index in [0.29, 0.717) is 28.0 Å². The molecule has 2 aromatic carbocycles. The molecule has 36 heavy (non-hydrogen) atoms. The highest BCUT2D eigenvalue weighted by molar-refractivity contribution is 8.16. The van der Waals surface area contributed by atoms with Crippen molar-refractivity contribution in [2.24, 2.45) is 10.9 Å². The van der Waals surface area contributed by atoms with Crippen molar-refractivity contribution in [2.75, 3.05) is 24.4 Å². The van der Waals surface area contributed by atoms with Crippen molar-refractivity contribution in [2.45, 2.75) is 18.4 Å². The van der Waals surface area contributed by atoms with Gasteiger partial charge in [-0.1, -0.05) is 11.8 Å². The molecule has 5 rings (SSSR count). The second-order valence-corrected chi connectivity index (χ2v) is 9.25. The van der Waals surface area contributed by atoms with Crippen LogP contribution in [-0.2, 0) is 19.2 Å². The number of carbonyl (C=O) groups is 4. The van der Waals surface area contributed by atoms with Gasteiger partial charge in [0.15, 0.2) is 5.17 Å². The van der Waals surface area contributed by atoms with E-state index in [4.69, 9.17) is 9.47 Å². The number of ether oxygens (including phenoxy) is 2. The average molecular weight is 507 g/mol. The lowest BCUT2D eigenvalue weighted by atomic mass is 9.78. The number of amides is 4. The SMILES string of the molecule is COc1ccc(NC(=O)CC2(C3CC(=O)N(c4ccc(OC)cc4)C3=O)C(=O)N=C3SC=CN32)cc1. The van der Waals surface area contributed by atoms with Gasteiger partial charge in [0.25, 0.3) is 5.91 Å². The van der Waals surface area contributed by atoms with Crippen molar-refractivity contribution in [3.8, 4) is 11.5 Å². The molecule has 3 aliphatic heterocycles. The summed E-state index contributed by atoms with van der Waals surface area (Å²) in [7, 11) is 3.06. The van der Waals surface area contributed by atoms with Crippen LogP contribution in [0.25, 0.3) is 0 Å². The van der Waals surface area contributed by atoms with Gasteiger partial charge in [-0.25, -0.2) is 0 Å². The van der Waals surface area contributed by atoms with Gasteiger partial charge in [-0.15, -0.1) is 0 Å². The fourth-order valence-corrected chi connectivity index (χ4v) is 5.45. The fraction of sp³-hybridized carbons (Fsp3) is 0.240. The minimum Gasteiger partial charge on any atom is -0.497 e. The number of fused-ring (bicyclic) bond motifs is 1. The summed E-state index contributed by atoms with van der Waals surface area (Å²) < 4.78 is 10.3. The van der Waals surface area contributed by atoms with Crippen molar-refractivity contribution >= 4 is 51.9 Å². The minimum atomic E-state index is -1.65. The van der Waals surface area contributed by atoms with E-state index in [2.05, 4.69) is 10.3 Å². The summed E-state index contributed by atoms with van der Waals surface area (Å²) >= 11 is 1.22. The number of nitrogens with zero attached hydrogens (tertiary/aromatic N) is 3. The first kappa shape index (κ1) is 23.6. The summed E-state index contributed by atoms with van der Waals surface area (Å²) in [4.78, 5) is 60.0. The number of hydrogen-bond donors (Lipinski definition) is 1. The Balaban J connectivity index is 1.46. The maximum absolute atomic E-state index is 13.7. The number of imide groups is 1. The number of anilines is 2. The Morgan fingerprint density at radius 3 is 2.33 bits per heavy atom. The Morgan fingerprint density at radius 1 is 1.06 bits per heavy atom. The van der Waals surface area contributed by atoms with Crippen LogP contribution in [0.1, 0.15) is 12.8 Å². The molecule has 0 spiro atoms. The number of thioether (sulfide) groups is 1. The summed E-state index contributed by atoms with van der Waals surface area (Å²) in [6.07, 6.45) is 1.03. The van der Waals surface area contributed by atoms with Gasteiger partial charge >= 0.3 is 0 Å². The number of carbonyl (C=O) groups excluding carboxylic acids is 4. The lowest BCUT2D eigenvalue weighted by molar-refractivity contribution is -0.137. The molecule has 1 saturated heterocycles. The smallest absolute Gasteiger partial charge is 0.275 e. The van der Waals surface area contributed by atoms with Crippen LogP contribution >= 0.6 is 11.8 Å². The van der Waals surface area contributed by atoms with Crippen molar-refractivity contribution in [3.05, 3.63) is 60.1 Å². The number of benzene rings is 2. The number of amidine groups is 1. The second-order valence-electron chi connectivity index (χ2n) is 8.37. The first-order valence-electron chi connectivity index (χ1n) is 11.1. The van der Waals surface area contributed by atoms with Gasteiger partial charge in [-0.2, -0.15) is 4.99 Å². The molecule has 10 nitrogen and oxygen atoms in total. The molecule has 0 aromatic heterocycles. The molecular weight excluding hydrogens is 484 g/mol. The van der Waals surface area contributed by atoms with Crippen LogP contribution in [0.4, 0.5) is 11.4 Å². The summed E-state index contributed by atoms with van der Waals surface area (Å²) in [5.74, 6) is -2.03. The third-order valence-corrected chi connectivity index (χ3v) is 7.20. The molecule has 1 N–H and O–H groups in total. The van der Waals surface area contributed by atoms with E-state index < -0.39 is 35.1 Å². The molecule has 4 amide bonds. The topological polar surface area (TPSA) is 118 Å². The summed E-state index contributed by atoms with van der Waals surface area (Å²) in [5, 5.41) is 4.87. The summed E-state index contributed by atoms with van der Waals surface area (Å²) in [6.45, 7) is 0. The normalized spacial score (nSPS) is 22.7. The highest BCUT2D eigenvalue weighted by atomic mass is 32.2. The molecule has 3 heterocycles. The van der Waals surface area contributed by atoms with Gasteiger partial charge in [0.2, 0.25) is 17.7 Å². The Kier molecular flexibility index (Phi) is 6.00. The van der Waals surface area contributed by atoms with Crippen LogP contribution in [0.15, 0.2) is 65.1 Å². The monoisotopic (exact) mass is 506 g/mol. The van der Waals surface area contributed by atoms with Crippen LogP contribution in [0.5, 0.6) is 11.5 Å². The first-order chi connectivity index (χ1) is 17.4. The standard InChI is InChI=1S/C25H22N4O6S/c1-34-17-7-3-15(4-8-17)26-20(30)14-25(23(33)27-24-28(25)11-12-36-24)19-13-21(31)29(22(19)32)16-5-9-18(35-2)10-6-16/h3-12,19H,13-14H2,1-2H3,(H,26,30). The van der Waals surface area contributed by atoms with Gasteiger partial charge in [-0.3, -0.25) is 24.1 Å². The van der Waals surface area contributed by atoms with Gasteiger partial charge in [0.1, 0.15) is 17.0 Å². The number of rotatable bonds is 7. The molecule has 1 fully saturated rings. The van der Waals surface area contributed by atoms with Crippen LogP contribution in [0.2, 0.25) is 0 Å². The van der Waals surface area contributed by atoms with E-state index in [-0.39, 0.29) is 12.8 Å². The van der Waals surface area contributed by atoms with Crippen LogP contribution in [0, 0.1) is 5.92 Å². The largest absolute Gasteiger partial charge is 0.497 e. The Hall–Kier alpha value is -4.12. The van der Waals surface area contributed by atoms with Gasteiger partial charge in [0.05, 0.1) is 32.2 Å². The molecule has 2 atom stereocenters. The quantitative estimate of drug-likeness (QED) is 0.570. The average Bonchev–Trinajstić information content (AvgIpc) is 3.53. The van der Waals surface area contributed by atoms with Crippen molar-refractivity contribution in [3.63, 3.8) is 0 Å². The maximum Gasteiger partial charge on any atom is 0.275 e. The third-order valence-electron chi connectivity index (χ3n) is 6.44. The van der Waals surface area contributed by atoms with Crippen molar-refractivity contribution in [1.82, 2.24) is 4.90 Å². The Bertz CT molecular complexity index is 1310. The van der Waals surface area contributed by atoms with E-state index in [1.54, 1.807) is 65.0 Å². The lowest BCUT2D eigenvalue weighted by Gasteiger charge is -2.37. The number of methoxy groups -OCH3 is 2. The molecule has 2 aromatic rings. The van der Waals surface area contributed by atoms with E-state index in [1.807, 2.05) is 0 Å². The highest BCUT2D eigenvalue weighted by Gasteiger charge is 2.63. The molecule has 11 heteroatoms. The number of aliphatic imine (C=N–C) groups is 1. The predicted molar refractivity (Wildman–Crippen MR) is 134 cm³/mol. The van der Waals surface area contributed by atoms with Crippen molar-refractivity contribution < 1.29 is 28.7 Å². The van der Waals surface area contributed by atoms with Crippen LogP contribution in [0.3, 0.4) is 0 Å². The molecule has 0 radical (unpaired) electrons. The minimum absolute atomic E-state index is 0.232. The fourth-order valence-electron chi connectivity index (χ4n) is 4.68. The van der Waals surface area contributed by atoms with Crippen LogP contribution < -0.4 is 19.7 Å². The zero-order valence-electron chi connectivity index (χ0n) is 19.5. The van der Waals surface area contributed by atoms with E-state index in [0.717, 1.165) is 4.90 Å². The molecule has 3 aliphatic rings. The molecular formula is C25H22N4O6S. The third kappa shape index (κ3) is 3.81. The molecule has 0 bridgehead atoms. The first-order valence-corrected chi connectivity index (χ1v) is 12.0. The van der Waals surface area contributed by atoms with E-state index in [9.17, 15) is 19.2 Å². The highest BCUT2D eigenvalue weighted by Crippen LogP contribution is 2.46. The zero-order chi connectivity index (χ0) is 25.4. The van der Waals surface area contributed by atoms with Crippen LogP contribution in [-0.4, -0.2) is 53.5 Å². The summed E-state index contributed by atoms with van der Waals surface area (Å²) in [6, 6.07) is 13.2. The predicted octanol–water partition coefficient (Wildman–Crippen LogP) is 2.77. The van der Waals surface area contributed by atoms with Gasteiger partial charge in [-0.05, 0) is 53.9 Å². The molecule has 2 unspecified atom stereocenters. The van der Waals surface area contributed by atoms with E-state index in [1.165, 1.54) is 26.0 Å². The maximum atomic E-state index is 13.7. The van der Waals surface area contributed by atoms with Crippen molar-refractivity contribution in [1.29, 1.82) is 0 Å². The Labute approximate surface area is 210 Å². The lowest BCUT2D eigenvalue weighted by Crippen LogP contribution is -2.57. The van der Waals surface area contributed by atoms with E-state index >= 15 is 0 Å². The Morgan fingerprint density at radius 2 is 1.69 bits per heavy atom. The van der Waals surface area contributed by atoms with Gasteiger partial charge < -0.3 is 19.7 Å². The molecule has 0 aliphatic carbocycles. The molecule has 0 saturated carbocycles. The number of nitrogens with one attached hydrogen (secondary N) is 1.